The molecule has 4 aromatic carbocycles. The van der Waals surface area contributed by atoms with E-state index in [4.69, 9.17) is 14.2 Å². The van der Waals surface area contributed by atoms with Crippen molar-refractivity contribution in [3.63, 3.8) is 0 Å². The summed E-state index contributed by atoms with van der Waals surface area (Å²) in [6.07, 6.45) is 0.189. The molecule has 43 heavy (non-hydrogen) atoms. The molecule has 226 valence electrons. The zero-order valence-corrected chi connectivity index (χ0v) is 25.0. The van der Waals surface area contributed by atoms with E-state index in [1.807, 2.05) is 66.7 Å². The first-order chi connectivity index (χ1) is 20.7. The Morgan fingerprint density at radius 2 is 1.56 bits per heavy atom. The van der Waals surface area contributed by atoms with E-state index in [0.29, 0.717) is 42.4 Å². The zero-order valence-electron chi connectivity index (χ0n) is 24.2. The average Bonchev–Trinajstić information content (AvgIpc) is 3.00. The van der Waals surface area contributed by atoms with E-state index in [2.05, 4.69) is 10.0 Å². The number of carbonyl (C=O) groups excluding carboxylic acids is 1. The fourth-order valence-electron chi connectivity index (χ4n) is 4.25. The number of benzene rings is 4. The lowest BCUT2D eigenvalue weighted by Gasteiger charge is -2.17. The minimum atomic E-state index is -3.56. The number of nitrogens with one attached hydrogen (secondary N) is 2. The topological polar surface area (TPSA) is 123 Å². The van der Waals surface area contributed by atoms with Crippen LogP contribution in [0.15, 0.2) is 97.1 Å². The lowest BCUT2D eigenvalue weighted by Crippen LogP contribution is -2.26. The van der Waals surface area contributed by atoms with E-state index in [9.17, 15) is 18.3 Å². The Hall–Kier alpha value is -4.38. The average molecular weight is 605 g/mol. The molecule has 4 rings (SSSR count). The van der Waals surface area contributed by atoms with Gasteiger partial charge in [0.1, 0.15) is 24.7 Å². The smallest absolute Gasteiger partial charge is 0.338 e. The van der Waals surface area contributed by atoms with Gasteiger partial charge in [-0.2, -0.15) is 0 Å². The van der Waals surface area contributed by atoms with Crippen molar-refractivity contribution in [3.8, 4) is 22.6 Å². The van der Waals surface area contributed by atoms with E-state index < -0.39 is 16.1 Å². The monoisotopic (exact) mass is 604 g/mol. The SMILES string of the molecule is CCOC(=O)c1ccc(-c2ccc(OCCNCC(O)c3ccc(OCc4ccccc4)c(NS(C)(=O)=O)c3)cc2)cc1. The summed E-state index contributed by atoms with van der Waals surface area (Å²) in [4.78, 5) is 11.8. The highest BCUT2D eigenvalue weighted by Gasteiger charge is 2.15. The second-order valence-corrected chi connectivity index (χ2v) is 11.5. The fourth-order valence-corrected chi connectivity index (χ4v) is 4.81. The van der Waals surface area contributed by atoms with Crippen LogP contribution in [0, 0.1) is 0 Å². The van der Waals surface area contributed by atoms with Crippen LogP contribution in [0.25, 0.3) is 11.1 Å². The van der Waals surface area contributed by atoms with Crippen LogP contribution >= 0.6 is 0 Å². The Balaban J connectivity index is 1.25. The summed E-state index contributed by atoms with van der Waals surface area (Å²) < 4.78 is 43.1. The number of sulfonamides is 1. The van der Waals surface area contributed by atoms with Crippen molar-refractivity contribution in [2.75, 3.05) is 37.3 Å². The van der Waals surface area contributed by atoms with E-state index >= 15 is 0 Å². The van der Waals surface area contributed by atoms with Crippen LogP contribution in [0.3, 0.4) is 0 Å². The highest BCUT2D eigenvalue weighted by atomic mass is 32.2. The van der Waals surface area contributed by atoms with Crippen molar-refractivity contribution in [2.45, 2.75) is 19.6 Å². The molecule has 1 atom stereocenters. The molecular weight excluding hydrogens is 568 g/mol. The van der Waals surface area contributed by atoms with Gasteiger partial charge >= 0.3 is 5.97 Å². The molecule has 0 spiro atoms. The summed E-state index contributed by atoms with van der Waals surface area (Å²) in [5.74, 6) is 0.734. The van der Waals surface area contributed by atoms with E-state index in [0.717, 1.165) is 22.9 Å². The summed E-state index contributed by atoms with van der Waals surface area (Å²) in [6.45, 7) is 3.50. The van der Waals surface area contributed by atoms with Gasteiger partial charge in [-0.1, -0.05) is 60.7 Å². The molecule has 0 fully saturated rings. The predicted molar refractivity (Wildman–Crippen MR) is 167 cm³/mol. The van der Waals surface area contributed by atoms with Crippen molar-refractivity contribution in [2.24, 2.45) is 0 Å². The van der Waals surface area contributed by atoms with E-state index in [-0.39, 0.29) is 24.8 Å². The molecule has 0 amide bonds. The van der Waals surface area contributed by atoms with Crippen LogP contribution < -0.4 is 19.5 Å². The van der Waals surface area contributed by atoms with Gasteiger partial charge in [0.25, 0.3) is 0 Å². The third kappa shape index (κ3) is 9.85. The van der Waals surface area contributed by atoms with Gasteiger partial charge in [0.15, 0.2) is 0 Å². The molecular formula is C33H36N2O7S. The zero-order chi connectivity index (χ0) is 30.7. The lowest BCUT2D eigenvalue weighted by molar-refractivity contribution is 0.0526. The van der Waals surface area contributed by atoms with Gasteiger partial charge in [-0.15, -0.1) is 0 Å². The number of rotatable bonds is 15. The van der Waals surface area contributed by atoms with Gasteiger partial charge in [0.05, 0.1) is 30.2 Å². The first kappa shape index (κ1) is 31.6. The molecule has 9 nitrogen and oxygen atoms in total. The third-order valence-corrected chi connectivity index (χ3v) is 6.98. The first-order valence-electron chi connectivity index (χ1n) is 13.9. The molecule has 0 saturated heterocycles. The molecule has 0 aliphatic carbocycles. The number of anilines is 1. The molecule has 0 heterocycles. The third-order valence-electron chi connectivity index (χ3n) is 6.39. The maximum atomic E-state index is 11.9. The molecule has 4 aromatic rings. The van der Waals surface area contributed by atoms with Gasteiger partial charge < -0.3 is 24.6 Å². The molecule has 0 aromatic heterocycles. The Bertz CT molecular complexity index is 1580. The number of aliphatic hydroxyl groups is 1. The van der Waals surface area contributed by atoms with Crippen LogP contribution in [0.2, 0.25) is 0 Å². The van der Waals surface area contributed by atoms with Gasteiger partial charge in [0, 0.05) is 13.1 Å². The van der Waals surface area contributed by atoms with Crippen LogP contribution in [0.4, 0.5) is 5.69 Å². The maximum absolute atomic E-state index is 11.9. The minimum absolute atomic E-state index is 0.243. The Morgan fingerprint density at radius 1 is 0.884 bits per heavy atom. The number of ether oxygens (including phenoxy) is 3. The Kier molecular flexibility index (Phi) is 11.2. The van der Waals surface area contributed by atoms with Crippen molar-refractivity contribution in [1.29, 1.82) is 0 Å². The van der Waals surface area contributed by atoms with Gasteiger partial charge in [0.2, 0.25) is 10.0 Å². The molecule has 0 radical (unpaired) electrons. The molecule has 1 unspecified atom stereocenters. The summed E-state index contributed by atoms with van der Waals surface area (Å²) in [5, 5.41) is 13.9. The first-order valence-corrected chi connectivity index (χ1v) is 15.8. The van der Waals surface area contributed by atoms with Crippen LogP contribution in [0.5, 0.6) is 11.5 Å². The van der Waals surface area contributed by atoms with Gasteiger partial charge in [-0.3, -0.25) is 4.72 Å². The second kappa shape index (κ2) is 15.2. The van der Waals surface area contributed by atoms with Crippen molar-refractivity contribution >= 4 is 21.7 Å². The summed E-state index contributed by atoms with van der Waals surface area (Å²) >= 11 is 0. The van der Waals surface area contributed by atoms with Crippen LogP contribution in [-0.2, 0) is 21.4 Å². The standard InChI is InChI=1S/C33H36N2O7S/c1-3-40-33(37)27-11-9-25(10-12-27)26-13-16-29(17-14-26)41-20-19-34-22-31(36)28-15-18-32(30(21-28)35-43(2,38)39)42-23-24-7-5-4-6-8-24/h4-18,21,31,34-36H,3,19-20,22-23H2,1-2H3. The Labute approximate surface area is 252 Å². The summed E-state index contributed by atoms with van der Waals surface area (Å²) in [5.41, 5.74) is 4.22. The number of carbonyl (C=O) groups is 1. The highest BCUT2D eigenvalue weighted by Crippen LogP contribution is 2.30. The minimum Gasteiger partial charge on any atom is -0.492 e. The number of hydrogen-bond acceptors (Lipinski definition) is 8. The largest absolute Gasteiger partial charge is 0.492 e. The molecule has 0 saturated carbocycles. The number of esters is 1. The molecule has 0 aliphatic rings. The summed E-state index contributed by atoms with van der Waals surface area (Å²) in [6, 6.07) is 29.4. The van der Waals surface area contributed by atoms with Crippen LogP contribution in [-0.4, -0.2) is 52.1 Å². The van der Waals surface area contributed by atoms with Gasteiger partial charge in [-0.25, -0.2) is 13.2 Å². The summed E-state index contributed by atoms with van der Waals surface area (Å²) in [7, 11) is -3.56. The quantitative estimate of drug-likeness (QED) is 0.125. The number of hydrogen-bond donors (Lipinski definition) is 3. The fraction of sp³-hybridized carbons (Fsp3) is 0.242. The molecule has 0 aliphatic heterocycles. The molecule has 0 bridgehead atoms. The van der Waals surface area contributed by atoms with Gasteiger partial charge in [-0.05, 0) is 65.6 Å². The normalized spacial score (nSPS) is 11.9. The van der Waals surface area contributed by atoms with Crippen LogP contribution in [0.1, 0.15) is 34.5 Å². The van der Waals surface area contributed by atoms with Crippen molar-refractivity contribution in [3.05, 3.63) is 114 Å². The lowest BCUT2D eigenvalue weighted by atomic mass is 10.0. The second-order valence-electron chi connectivity index (χ2n) is 9.79. The highest BCUT2D eigenvalue weighted by molar-refractivity contribution is 7.92. The molecule has 3 N–H and O–H groups in total. The maximum Gasteiger partial charge on any atom is 0.338 e. The van der Waals surface area contributed by atoms with Crippen molar-refractivity contribution in [1.82, 2.24) is 5.32 Å². The molecule has 10 heteroatoms. The van der Waals surface area contributed by atoms with E-state index in [1.54, 1.807) is 37.3 Å². The Morgan fingerprint density at radius 3 is 2.21 bits per heavy atom. The van der Waals surface area contributed by atoms with Crippen molar-refractivity contribution < 1.29 is 32.5 Å². The van der Waals surface area contributed by atoms with E-state index in [1.165, 1.54) is 0 Å². The predicted octanol–water partition coefficient (Wildman–Crippen LogP) is 5.18. The number of aliphatic hydroxyl groups excluding tert-OH is 1.